The van der Waals surface area contributed by atoms with Crippen molar-refractivity contribution in [3.05, 3.63) is 30.1 Å². The topological polar surface area (TPSA) is 70.7 Å². The molecule has 0 unspecified atom stereocenters. The molecule has 1 aromatic carbocycles. The fourth-order valence-electron chi connectivity index (χ4n) is 0.995. The molecule has 3 N–H and O–H groups in total. The Morgan fingerprint density at radius 1 is 1.44 bits per heavy atom. The third-order valence-electron chi connectivity index (χ3n) is 1.93. The summed E-state index contributed by atoms with van der Waals surface area (Å²) in [4.78, 5) is 16.3. The highest BCUT2D eigenvalue weighted by Crippen LogP contribution is 2.12. The zero-order valence-electron chi connectivity index (χ0n) is 9.07. The molecule has 0 saturated heterocycles. The number of rotatable bonds is 1. The number of amides is 2. The highest BCUT2D eigenvalue weighted by Gasteiger charge is 2.09. The molecule has 0 bridgehead atoms. The van der Waals surface area contributed by atoms with Crippen LogP contribution in [0.1, 0.15) is 0 Å². The molecule has 0 radical (unpaired) electrons. The van der Waals surface area contributed by atoms with Crippen LogP contribution in [0.2, 0.25) is 0 Å². The number of halogens is 1. The molecule has 6 heteroatoms. The minimum atomic E-state index is -0.372. The van der Waals surface area contributed by atoms with Crippen molar-refractivity contribution in [2.45, 2.75) is 0 Å². The van der Waals surface area contributed by atoms with Crippen LogP contribution in [0.25, 0.3) is 0 Å². The summed E-state index contributed by atoms with van der Waals surface area (Å²) in [5.74, 6) is -0.317. The molecule has 0 atom stereocenters. The maximum atomic E-state index is 12.6. The van der Waals surface area contributed by atoms with E-state index in [1.807, 2.05) is 0 Å². The third kappa shape index (κ3) is 2.94. The number of hydrogen-bond acceptors (Lipinski definition) is 2. The molecule has 0 heterocycles. The first kappa shape index (κ1) is 12.0. The Balaban J connectivity index is 2.84. The number of guanidine groups is 1. The van der Waals surface area contributed by atoms with Crippen LogP contribution in [0, 0.1) is 5.82 Å². The number of hydrogen-bond donors (Lipinski definition) is 2. The lowest BCUT2D eigenvalue weighted by molar-refractivity contribution is 0.228. The maximum absolute atomic E-state index is 12.6. The number of nitrogens with zero attached hydrogens (tertiary/aromatic N) is 2. The van der Waals surface area contributed by atoms with Crippen LogP contribution in [0.4, 0.5) is 14.9 Å². The van der Waals surface area contributed by atoms with E-state index in [1.54, 1.807) is 0 Å². The summed E-state index contributed by atoms with van der Waals surface area (Å²) in [7, 11) is 2.98. The molecule has 86 valence electrons. The van der Waals surface area contributed by atoms with E-state index in [0.717, 1.165) is 4.90 Å². The smallest absolute Gasteiger partial charge is 0.323 e. The first-order valence-electron chi connectivity index (χ1n) is 4.59. The molecule has 1 aromatic rings. The molecule has 0 saturated carbocycles. The fraction of sp³-hybridized carbons (Fsp3) is 0.200. The highest BCUT2D eigenvalue weighted by molar-refractivity contribution is 5.96. The van der Waals surface area contributed by atoms with Gasteiger partial charge in [0.25, 0.3) is 0 Å². The Morgan fingerprint density at radius 3 is 2.50 bits per heavy atom. The SMILES string of the molecule is CNC(=O)N(C)C(N)=Nc1ccc(F)cc1. The summed E-state index contributed by atoms with van der Waals surface area (Å²) in [6.07, 6.45) is 0. The van der Waals surface area contributed by atoms with Crippen molar-refractivity contribution >= 4 is 17.7 Å². The van der Waals surface area contributed by atoms with Crippen LogP contribution in [0.15, 0.2) is 29.3 Å². The van der Waals surface area contributed by atoms with E-state index in [2.05, 4.69) is 10.3 Å². The molecule has 0 spiro atoms. The second-order valence-corrected chi connectivity index (χ2v) is 3.06. The van der Waals surface area contributed by atoms with Gasteiger partial charge in [-0.25, -0.2) is 14.2 Å². The zero-order valence-corrected chi connectivity index (χ0v) is 9.07. The standard InChI is InChI=1S/C10H13FN4O/c1-13-10(16)15(2)9(12)14-8-5-3-7(11)4-6-8/h3-6H,1-2H3,(H2,12,14)(H,13,16). The molecule has 0 fully saturated rings. The molecule has 0 aliphatic heterocycles. The van der Waals surface area contributed by atoms with E-state index in [9.17, 15) is 9.18 Å². The van der Waals surface area contributed by atoms with Gasteiger partial charge in [0.05, 0.1) is 5.69 Å². The van der Waals surface area contributed by atoms with E-state index < -0.39 is 0 Å². The van der Waals surface area contributed by atoms with Crippen molar-refractivity contribution < 1.29 is 9.18 Å². The number of urea groups is 1. The van der Waals surface area contributed by atoms with Gasteiger partial charge in [-0.2, -0.15) is 0 Å². The lowest BCUT2D eigenvalue weighted by Gasteiger charge is -2.14. The summed E-state index contributed by atoms with van der Waals surface area (Å²) in [6, 6.07) is 5.11. The van der Waals surface area contributed by atoms with Gasteiger partial charge in [0.1, 0.15) is 5.82 Å². The Kier molecular flexibility index (Phi) is 3.82. The quantitative estimate of drug-likeness (QED) is 0.552. The molecule has 5 nitrogen and oxygen atoms in total. The minimum absolute atomic E-state index is 0.0333. The first-order valence-corrected chi connectivity index (χ1v) is 4.59. The van der Waals surface area contributed by atoms with Crippen LogP contribution in [-0.2, 0) is 0 Å². The molecule has 1 rings (SSSR count). The van der Waals surface area contributed by atoms with Gasteiger partial charge in [0, 0.05) is 14.1 Å². The molecular formula is C10H13FN4O. The van der Waals surface area contributed by atoms with E-state index >= 15 is 0 Å². The number of carbonyl (C=O) groups is 1. The fourth-order valence-corrected chi connectivity index (χ4v) is 0.995. The lowest BCUT2D eigenvalue weighted by Crippen LogP contribution is -2.43. The Bertz CT molecular complexity index is 402. The molecule has 2 amide bonds. The van der Waals surface area contributed by atoms with Gasteiger partial charge in [-0.15, -0.1) is 0 Å². The van der Waals surface area contributed by atoms with Gasteiger partial charge >= 0.3 is 6.03 Å². The summed E-state index contributed by atoms with van der Waals surface area (Å²) in [5.41, 5.74) is 6.07. The Labute approximate surface area is 92.8 Å². The van der Waals surface area contributed by atoms with E-state index in [1.165, 1.54) is 38.4 Å². The predicted octanol–water partition coefficient (Wildman–Crippen LogP) is 1.04. The van der Waals surface area contributed by atoms with Gasteiger partial charge in [0.15, 0.2) is 0 Å². The van der Waals surface area contributed by atoms with Crippen molar-refractivity contribution in [1.29, 1.82) is 0 Å². The van der Waals surface area contributed by atoms with E-state index in [4.69, 9.17) is 5.73 Å². The van der Waals surface area contributed by atoms with Crippen molar-refractivity contribution in [1.82, 2.24) is 10.2 Å². The summed E-state index contributed by atoms with van der Waals surface area (Å²) < 4.78 is 12.6. The maximum Gasteiger partial charge on any atom is 0.323 e. The second-order valence-electron chi connectivity index (χ2n) is 3.06. The van der Waals surface area contributed by atoms with Crippen molar-refractivity contribution in [2.75, 3.05) is 14.1 Å². The highest BCUT2D eigenvalue weighted by atomic mass is 19.1. The van der Waals surface area contributed by atoms with Crippen molar-refractivity contribution in [3.63, 3.8) is 0 Å². The number of benzene rings is 1. The molecule has 0 aliphatic rings. The predicted molar refractivity (Wildman–Crippen MR) is 59.9 cm³/mol. The second kappa shape index (κ2) is 5.11. The van der Waals surface area contributed by atoms with Crippen LogP contribution in [0.3, 0.4) is 0 Å². The largest absolute Gasteiger partial charge is 0.369 e. The van der Waals surface area contributed by atoms with Crippen LogP contribution in [-0.4, -0.2) is 31.0 Å². The Hall–Kier alpha value is -2.11. The van der Waals surface area contributed by atoms with Gasteiger partial charge < -0.3 is 11.1 Å². The van der Waals surface area contributed by atoms with Crippen LogP contribution >= 0.6 is 0 Å². The lowest BCUT2D eigenvalue weighted by atomic mass is 10.3. The third-order valence-corrected chi connectivity index (χ3v) is 1.93. The van der Waals surface area contributed by atoms with Gasteiger partial charge in [-0.1, -0.05) is 0 Å². The monoisotopic (exact) mass is 224 g/mol. The summed E-state index contributed by atoms with van der Waals surface area (Å²) in [6.45, 7) is 0. The molecular weight excluding hydrogens is 211 g/mol. The van der Waals surface area contributed by atoms with E-state index in [0.29, 0.717) is 5.69 Å². The average molecular weight is 224 g/mol. The van der Waals surface area contributed by atoms with Crippen molar-refractivity contribution in [3.8, 4) is 0 Å². The molecule has 16 heavy (non-hydrogen) atoms. The summed E-state index contributed by atoms with van der Waals surface area (Å²) >= 11 is 0. The number of nitrogens with two attached hydrogens (primary N) is 1. The van der Waals surface area contributed by atoms with Gasteiger partial charge in [0.2, 0.25) is 5.96 Å². The zero-order chi connectivity index (χ0) is 12.1. The number of aliphatic imine (C=N–C) groups is 1. The van der Waals surface area contributed by atoms with E-state index in [-0.39, 0.29) is 17.8 Å². The van der Waals surface area contributed by atoms with Crippen LogP contribution in [0.5, 0.6) is 0 Å². The summed E-state index contributed by atoms with van der Waals surface area (Å²) in [5, 5.41) is 2.41. The van der Waals surface area contributed by atoms with Crippen LogP contribution < -0.4 is 11.1 Å². The number of carbonyl (C=O) groups excluding carboxylic acids is 1. The minimum Gasteiger partial charge on any atom is -0.369 e. The van der Waals surface area contributed by atoms with Crippen molar-refractivity contribution in [2.24, 2.45) is 10.7 Å². The molecule has 0 aliphatic carbocycles. The van der Waals surface area contributed by atoms with Gasteiger partial charge in [-0.05, 0) is 24.3 Å². The number of nitrogens with one attached hydrogen (secondary N) is 1. The average Bonchev–Trinajstić information content (AvgIpc) is 2.30. The Morgan fingerprint density at radius 2 is 2.00 bits per heavy atom. The molecule has 0 aromatic heterocycles. The van der Waals surface area contributed by atoms with Gasteiger partial charge in [-0.3, -0.25) is 4.90 Å². The normalized spacial score (nSPS) is 11.1. The first-order chi connectivity index (χ1) is 7.54.